The van der Waals surface area contributed by atoms with Crippen LogP contribution in [0.3, 0.4) is 0 Å². The van der Waals surface area contributed by atoms with Crippen LogP contribution >= 0.6 is 23.2 Å². The molecule has 2 nitrogen and oxygen atoms in total. The molecule has 2 aromatic rings. The largest absolute Gasteiger partial charge is 0.489 e. The zero-order valence-electron chi connectivity index (χ0n) is 10.6. The van der Waals surface area contributed by atoms with Gasteiger partial charge in [0.25, 0.3) is 0 Å². The van der Waals surface area contributed by atoms with Crippen LogP contribution in [0.5, 0.6) is 5.75 Å². The van der Waals surface area contributed by atoms with Crippen LogP contribution in [-0.4, -0.2) is 0 Å². The van der Waals surface area contributed by atoms with Gasteiger partial charge in [-0.3, -0.25) is 0 Å². The monoisotopic (exact) mass is 295 g/mol. The molecule has 0 unspecified atom stereocenters. The van der Waals surface area contributed by atoms with Crippen molar-refractivity contribution < 1.29 is 4.74 Å². The number of hydrogen-bond donors (Lipinski definition) is 1. The van der Waals surface area contributed by atoms with Gasteiger partial charge in [0.05, 0.1) is 10.0 Å². The van der Waals surface area contributed by atoms with Crippen molar-refractivity contribution >= 4 is 23.2 Å². The highest BCUT2D eigenvalue weighted by molar-refractivity contribution is 6.42. The SMILES string of the molecule is C[C@H](N)c1cccc(OCc2cccc(Cl)c2Cl)c1. The summed E-state index contributed by atoms with van der Waals surface area (Å²) in [4.78, 5) is 0. The van der Waals surface area contributed by atoms with Crippen LogP contribution in [0, 0.1) is 0 Å². The zero-order valence-corrected chi connectivity index (χ0v) is 12.1. The van der Waals surface area contributed by atoms with Gasteiger partial charge >= 0.3 is 0 Å². The van der Waals surface area contributed by atoms with E-state index in [-0.39, 0.29) is 6.04 Å². The third kappa shape index (κ3) is 3.63. The number of nitrogens with two attached hydrogens (primary N) is 1. The van der Waals surface area contributed by atoms with Gasteiger partial charge < -0.3 is 10.5 Å². The molecule has 2 rings (SSSR count). The van der Waals surface area contributed by atoms with E-state index in [4.69, 9.17) is 33.7 Å². The molecule has 2 aromatic carbocycles. The van der Waals surface area contributed by atoms with Gasteiger partial charge in [-0.25, -0.2) is 0 Å². The van der Waals surface area contributed by atoms with Crippen molar-refractivity contribution in [2.75, 3.05) is 0 Å². The van der Waals surface area contributed by atoms with Crippen molar-refractivity contribution in [3.63, 3.8) is 0 Å². The molecular weight excluding hydrogens is 281 g/mol. The van der Waals surface area contributed by atoms with Gasteiger partial charge in [0.1, 0.15) is 12.4 Å². The van der Waals surface area contributed by atoms with E-state index in [0.717, 1.165) is 16.9 Å². The predicted molar refractivity (Wildman–Crippen MR) is 79.8 cm³/mol. The lowest BCUT2D eigenvalue weighted by molar-refractivity contribution is 0.306. The van der Waals surface area contributed by atoms with Gasteiger partial charge in [0.15, 0.2) is 0 Å². The Kier molecular flexibility index (Phi) is 4.70. The number of halogens is 2. The minimum absolute atomic E-state index is 0.0155. The molecule has 0 fully saturated rings. The summed E-state index contributed by atoms with van der Waals surface area (Å²) in [5.74, 6) is 0.769. The second-order valence-corrected chi connectivity index (χ2v) is 5.15. The lowest BCUT2D eigenvalue weighted by Crippen LogP contribution is -2.05. The highest BCUT2D eigenvalue weighted by Crippen LogP contribution is 2.27. The average molecular weight is 296 g/mol. The van der Waals surface area contributed by atoms with E-state index in [9.17, 15) is 0 Å². The van der Waals surface area contributed by atoms with Crippen molar-refractivity contribution in [2.24, 2.45) is 5.73 Å². The van der Waals surface area contributed by atoms with Crippen molar-refractivity contribution in [1.29, 1.82) is 0 Å². The van der Waals surface area contributed by atoms with Gasteiger partial charge in [-0.05, 0) is 30.7 Å². The van der Waals surface area contributed by atoms with E-state index in [0.29, 0.717) is 16.7 Å². The summed E-state index contributed by atoms with van der Waals surface area (Å²) in [6.07, 6.45) is 0. The van der Waals surface area contributed by atoms with Gasteiger partial charge in [-0.2, -0.15) is 0 Å². The first kappa shape index (κ1) is 14.2. The molecular formula is C15H15Cl2NO. The Morgan fingerprint density at radius 1 is 1.16 bits per heavy atom. The van der Waals surface area contributed by atoms with Gasteiger partial charge in [-0.15, -0.1) is 0 Å². The summed E-state index contributed by atoms with van der Waals surface area (Å²) >= 11 is 12.1. The highest BCUT2D eigenvalue weighted by atomic mass is 35.5. The summed E-state index contributed by atoms with van der Waals surface area (Å²) < 4.78 is 5.72. The Morgan fingerprint density at radius 3 is 2.63 bits per heavy atom. The maximum Gasteiger partial charge on any atom is 0.120 e. The molecule has 0 radical (unpaired) electrons. The Bertz CT molecular complexity index is 570. The molecule has 0 aliphatic rings. The second kappa shape index (κ2) is 6.29. The molecule has 0 amide bonds. The van der Waals surface area contributed by atoms with Crippen molar-refractivity contribution in [2.45, 2.75) is 19.6 Å². The standard InChI is InChI=1S/C15H15Cl2NO/c1-10(18)11-4-2-6-13(8-11)19-9-12-5-3-7-14(16)15(12)17/h2-8,10H,9,18H2,1H3/t10-/m0/s1. The van der Waals surface area contributed by atoms with Crippen LogP contribution in [0.15, 0.2) is 42.5 Å². The fraction of sp³-hybridized carbons (Fsp3) is 0.200. The van der Waals surface area contributed by atoms with Crippen LogP contribution in [0.1, 0.15) is 24.1 Å². The first-order valence-corrected chi connectivity index (χ1v) is 6.74. The van der Waals surface area contributed by atoms with E-state index in [1.165, 1.54) is 0 Å². The molecule has 0 heterocycles. The van der Waals surface area contributed by atoms with Crippen molar-refractivity contribution in [3.05, 3.63) is 63.6 Å². The average Bonchev–Trinajstić information content (AvgIpc) is 2.41. The number of benzene rings is 2. The molecule has 0 saturated heterocycles. The van der Waals surface area contributed by atoms with Crippen molar-refractivity contribution in [3.8, 4) is 5.75 Å². The van der Waals surface area contributed by atoms with E-state index < -0.39 is 0 Å². The summed E-state index contributed by atoms with van der Waals surface area (Å²) in [6, 6.07) is 13.2. The lowest BCUT2D eigenvalue weighted by atomic mass is 10.1. The van der Waals surface area contributed by atoms with E-state index in [1.807, 2.05) is 43.3 Å². The zero-order chi connectivity index (χ0) is 13.8. The Morgan fingerprint density at radius 2 is 1.89 bits per heavy atom. The molecule has 0 bridgehead atoms. The topological polar surface area (TPSA) is 35.2 Å². The smallest absolute Gasteiger partial charge is 0.120 e. The van der Waals surface area contributed by atoms with Gasteiger partial charge in [0.2, 0.25) is 0 Å². The fourth-order valence-electron chi connectivity index (χ4n) is 1.71. The second-order valence-electron chi connectivity index (χ2n) is 4.36. The Hall–Kier alpha value is -1.22. The normalized spacial score (nSPS) is 12.2. The molecule has 1 atom stereocenters. The minimum Gasteiger partial charge on any atom is -0.489 e. The maximum atomic E-state index is 6.11. The summed E-state index contributed by atoms with van der Waals surface area (Å²) in [5.41, 5.74) is 7.74. The van der Waals surface area contributed by atoms with E-state index in [2.05, 4.69) is 0 Å². The molecule has 0 saturated carbocycles. The van der Waals surface area contributed by atoms with Crippen LogP contribution in [0.2, 0.25) is 10.0 Å². The number of hydrogen-bond acceptors (Lipinski definition) is 2. The molecule has 0 aliphatic heterocycles. The fourth-order valence-corrected chi connectivity index (χ4v) is 2.08. The van der Waals surface area contributed by atoms with Crippen LogP contribution < -0.4 is 10.5 Å². The summed E-state index contributed by atoms with van der Waals surface area (Å²) in [5, 5.41) is 1.07. The molecule has 100 valence electrons. The minimum atomic E-state index is -0.0155. The first-order valence-electron chi connectivity index (χ1n) is 5.99. The van der Waals surface area contributed by atoms with E-state index >= 15 is 0 Å². The third-order valence-electron chi connectivity index (χ3n) is 2.81. The Balaban J connectivity index is 2.10. The lowest BCUT2D eigenvalue weighted by Gasteiger charge is -2.11. The molecule has 19 heavy (non-hydrogen) atoms. The molecule has 0 aromatic heterocycles. The molecule has 0 spiro atoms. The quantitative estimate of drug-likeness (QED) is 0.895. The van der Waals surface area contributed by atoms with E-state index in [1.54, 1.807) is 6.07 Å². The van der Waals surface area contributed by atoms with Crippen LogP contribution in [-0.2, 0) is 6.61 Å². The summed E-state index contributed by atoms with van der Waals surface area (Å²) in [7, 11) is 0. The molecule has 0 aliphatic carbocycles. The number of ether oxygens (including phenoxy) is 1. The Labute approximate surface area is 123 Å². The number of rotatable bonds is 4. The molecule has 4 heteroatoms. The summed E-state index contributed by atoms with van der Waals surface area (Å²) in [6.45, 7) is 2.31. The van der Waals surface area contributed by atoms with Gasteiger partial charge in [0, 0.05) is 11.6 Å². The van der Waals surface area contributed by atoms with Crippen LogP contribution in [0.4, 0.5) is 0 Å². The highest BCUT2D eigenvalue weighted by Gasteiger charge is 2.06. The maximum absolute atomic E-state index is 6.11. The van der Waals surface area contributed by atoms with Gasteiger partial charge in [-0.1, -0.05) is 47.5 Å². The van der Waals surface area contributed by atoms with Crippen molar-refractivity contribution in [1.82, 2.24) is 0 Å². The van der Waals surface area contributed by atoms with Crippen LogP contribution in [0.25, 0.3) is 0 Å². The predicted octanol–water partition coefficient (Wildman–Crippen LogP) is 4.59. The third-order valence-corrected chi connectivity index (χ3v) is 3.67. The molecule has 2 N–H and O–H groups in total. The first-order chi connectivity index (χ1) is 9.08.